The van der Waals surface area contributed by atoms with E-state index in [0.29, 0.717) is 5.78 Å². The van der Waals surface area contributed by atoms with Crippen molar-refractivity contribution in [2.75, 3.05) is 0 Å². The molecule has 0 heterocycles. The van der Waals surface area contributed by atoms with Gasteiger partial charge in [0.2, 0.25) is 0 Å². The lowest BCUT2D eigenvalue weighted by molar-refractivity contribution is -0.117. The number of unbranched alkanes of at least 4 members (excludes halogenated alkanes) is 6. The van der Waals surface area contributed by atoms with Crippen molar-refractivity contribution in [2.45, 2.75) is 91.4 Å². The van der Waals surface area contributed by atoms with Crippen molar-refractivity contribution in [3.8, 4) is 0 Å². The highest BCUT2D eigenvalue weighted by Crippen LogP contribution is 2.12. The van der Waals surface area contributed by atoms with E-state index in [0.717, 1.165) is 18.8 Å². The molecule has 1 nitrogen and oxygen atoms in total. The average molecular weight is 266 g/mol. The molecule has 0 rings (SSSR count). The van der Waals surface area contributed by atoms with Crippen LogP contribution in [0.4, 0.5) is 0 Å². The Morgan fingerprint density at radius 2 is 1.53 bits per heavy atom. The molecule has 0 unspecified atom stereocenters. The lowest BCUT2D eigenvalue weighted by Crippen LogP contribution is -1.90. The van der Waals surface area contributed by atoms with Crippen molar-refractivity contribution in [3.63, 3.8) is 0 Å². The number of ketones is 1. The van der Waals surface area contributed by atoms with E-state index in [-0.39, 0.29) is 0 Å². The zero-order valence-electron chi connectivity index (χ0n) is 13.4. The molecule has 0 saturated heterocycles. The number of carbonyl (C=O) groups excluding carboxylic acids is 1. The summed E-state index contributed by atoms with van der Waals surface area (Å²) in [5, 5.41) is 0. The van der Waals surface area contributed by atoms with Gasteiger partial charge in [-0.05, 0) is 44.9 Å². The Balaban J connectivity index is 3.15. The molecule has 0 aromatic rings. The fraction of sp³-hybridized carbons (Fsp3) is 0.833. The lowest BCUT2D eigenvalue weighted by atomic mass is 10.0. The fourth-order valence-corrected chi connectivity index (χ4v) is 2.18. The topological polar surface area (TPSA) is 17.1 Å². The van der Waals surface area contributed by atoms with Gasteiger partial charge in [-0.2, -0.15) is 0 Å². The Bertz CT molecular complexity index is 230. The lowest BCUT2D eigenvalue weighted by Gasteiger charge is -2.06. The van der Waals surface area contributed by atoms with E-state index in [2.05, 4.69) is 26.0 Å². The monoisotopic (exact) mass is 266 g/mol. The molecule has 0 amide bonds. The minimum Gasteiger partial charge on any atom is -0.300 e. The van der Waals surface area contributed by atoms with Crippen molar-refractivity contribution < 1.29 is 4.79 Å². The van der Waals surface area contributed by atoms with Crippen molar-refractivity contribution in [1.82, 2.24) is 0 Å². The maximum absolute atomic E-state index is 10.8. The van der Waals surface area contributed by atoms with Gasteiger partial charge in [-0.1, -0.05) is 58.1 Å². The third-order valence-electron chi connectivity index (χ3n) is 3.83. The summed E-state index contributed by atoms with van der Waals surface area (Å²) in [6.07, 6.45) is 18.2. The first kappa shape index (κ1) is 18.4. The predicted octanol–water partition coefficient (Wildman–Crippen LogP) is 6.08. The van der Waals surface area contributed by atoms with Crippen LogP contribution in [0.2, 0.25) is 0 Å². The van der Waals surface area contributed by atoms with Crippen LogP contribution in [0.5, 0.6) is 0 Å². The molecule has 0 fully saturated rings. The highest BCUT2D eigenvalue weighted by Gasteiger charge is 1.96. The summed E-state index contributed by atoms with van der Waals surface area (Å²) in [6.45, 7) is 6.31. The Morgan fingerprint density at radius 1 is 0.947 bits per heavy atom. The van der Waals surface area contributed by atoms with Crippen LogP contribution in [-0.2, 0) is 4.79 Å². The van der Waals surface area contributed by atoms with Crippen LogP contribution in [0.15, 0.2) is 12.2 Å². The maximum Gasteiger partial charge on any atom is 0.129 e. The van der Waals surface area contributed by atoms with Crippen molar-refractivity contribution in [3.05, 3.63) is 12.2 Å². The van der Waals surface area contributed by atoms with Gasteiger partial charge in [0.25, 0.3) is 0 Å². The highest BCUT2D eigenvalue weighted by molar-refractivity contribution is 5.75. The number of carbonyl (C=O) groups is 1. The average Bonchev–Trinajstić information content (AvgIpc) is 2.39. The molecule has 0 aliphatic rings. The van der Waals surface area contributed by atoms with Gasteiger partial charge in [0, 0.05) is 6.42 Å². The summed E-state index contributed by atoms with van der Waals surface area (Å²) in [5.41, 5.74) is 0. The van der Waals surface area contributed by atoms with Gasteiger partial charge in [0.1, 0.15) is 5.78 Å². The van der Waals surface area contributed by atoms with Gasteiger partial charge >= 0.3 is 0 Å². The van der Waals surface area contributed by atoms with Crippen LogP contribution in [0, 0.1) is 5.92 Å². The molecule has 0 saturated carbocycles. The van der Waals surface area contributed by atoms with E-state index >= 15 is 0 Å². The zero-order chi connectivity index (χ0) is 14.3. The molecule has 0 N–H and O–H groups in total. The van der Waals surface area contributed by atoms with Crippen molar-refractivity contribution in [2.24, 2.45) is 5.92 Å². The summed E-state index contributed by atoms with van der Waals surface area (Å²) in [7, 11) is 0. The summed E-state index contributed by atoms with van der Waals surface area (Å²) >= 11 is 0. The summed E-state index contributed by atoms with van der Waals surface area (Å²) in [4.78, 5) is 10.8. The van der Waals surface area contributed by atoms with Gasteiger partial charge in [-0.3, -0.25) is 0 Å². The Morgan fingerprint density at radius 3 is 2.11 bits per heavy atom. The summed E-state index contributed by atoms with van der Waals surface area (Å²) in [6, 6.07) is 0. The summed E-state index contributed by atoms with van der Waals surface area (Å²) in [5.74, 6) is 1.23. The van der Waals surface area contributed by atoms with Gasteiger partial charge in [-0.15, -0.1) is 0 Å². The van der Waals surface area contributed by atoms with E-state index in [4.69, 9.17) is 0 Å². The van der Waals surface area contributed by atoms with Crippen molar-refractivity contribution >= 4 is 5.78 Å². The molecule has 0 bridgehead atoms. The fourth-order valence-electron chi connectivity index (χ4n) is 2.18. The second-order valence-electron chi connectivity index (χ2n) is 5.92. The van der Waals surface area contributed by atoms with E-state index in [9.17, 15) is 4.79 Å². The van der Waals surface area contributed by atoms with Gasteiger partial charge in [-0.25, -0.2) is 0 Å². The van der Waals surface area contributed by atoms with Crippen LogP contribution >= 0.6 is 0 Å². The first-order valence-electron chi connectivity index (χ1n) is 8.31. The van der Waals surface area contributed by atoms with Crippen LogP contribution in [0.3, 0.4) is 0 Å². The molecule has 0 aliphatic carbocycles. The highest BCUT2D eigenvalue weighted by atomic mass is 16.1. The molecule has 0 aromatic heterocycles. The summed E-state index contributed by atoms with van der Waals surface area (Å²) < 4.78 is 0. The molecule has 1 heteroatoms. The van der Waals surface area contributed by atoms with Crippen LogP contribution < -0.4 is 0 Å². The Labute approximate surface area is 120 Å². The molecule has 0 spiro atoms. The molecular formula is C18H34O. The molecule has 19 heavy (non-hydrogen) atoms. The predicted molar refractivity (Wildman–Crippen MR) is 85.4 cm³/mol. The minimum atomic E-state index is 0.331. The maximum atomic E-state index is 10.8. The third-order valence-corrected chi connectivity index (χ3v) is 3.83. The van der Waals surface area contributed by atoms with E-state index in [1.54, 1.807) is 6.92 Å². The number of hydrogen-bond acceptors (Lipinski definition) is 1. The van der Waals surface area contributed by atoms with Crippen molar-refractivity contribution in [1.29, 1.82) is 0 Å². The van der Waals surface area contributed by atoms with Gasteiger partial charge in [0.15, 0.2) is 0 Å². The van der Waals surface area contributed by atoms with Gasteiger partial charge < -0.3 is 4.79 Å². The Kier molecular flexibility index (Phi) is 13.4. The number of hydrogen-bond donors (Lipinski definition) is 0. The number of Topliss-reactive ketones (excluding diaryl/α,β-unsaturated/α-hetero) is 1. The van der Waals surface area contributed by atoms with E-state index < -0.39 is 0 Å². The van der Waals surface area contributed by atoms with Crippen LogP contribution in [-0.4, -0.2) is 5.78 Å². The van der Waals surface area contributed by atoms with Crippen LogP contribution in [0.1, 0.15) is 91.4 Å². The zero-order valence-corrected chi connectivity index (χ0v) is 13.4. The first-order valence-corrected chi connectivity index (χ1v) is 8.31. The number of allylic oxidation sites excluding steroid dienone is 2. The molecule has 1 atom stereocenters. The molecule has 0 radical (unpaired) electrons. The standard InChI is InChI=1S/C18H34O/c1-4-17(2)15-13-11-9-7-5-6-8-10-12-14-16-18(3)19/h5,7,17H,4,6,8-16H2,1-3H3/b7-5-/t17-/m1/s1. The molecular weight excluding hydrogens is 232 g/mol. The second-order valence-corrected chi connectivity index (χ2v) is 5.92. The Hall–Kier alpha value is -0.590. The molecule has 0 aromatic carbocycles. The minimum absolute atomic E-state index is 0.331. The first-order chi connectivity index (χ1) is 9.16. The van der Waals surface area contributed by atoms with Crippen LogP contribution in [0.25, 0.3) is 0 Å². The van der Waals surface area contributed by atoms with E-state index in [1.165, 1.54) is 57.8 Å². The normalized spacial score (nSPS) is 13.0. The number of rotatable bonds is 13. The van der Waals surface area contributed by atoms with Gasteiger partial charge in [0.05, 0.1) is 0 Å². The quantitative estimate of drug-likeness (QED) is 0.292. The molecule has 112 valence electrons. The second kappa shape index (κ2) is 13.8. The third kappa shape index (κ3) is 15.4. The molecule has 0 aliphatic heterocycles. The van der Waals surface area contributed by atoms with E-state index in [1.807, 2.05) is 0 Å². The smallest absolute Gasteiger partial charge is 0.129 e. The SMILES string of the molecule is CC[C@@H](C)CCCC/C=C\CCCCCCC(C)=O. The largest absolute Gasteiger partial charge is 0.300 e.